The Morgan fingerprint density at radius 2 is 1.67 bits per heavy atom. The first-order valence-electron chi connectivity index (χ1n) is 6.22. The van der Waals surface area contributed by atoms with Gasteiger partial charge in [-0.3, -0.25) is 0 Å². The van der Waals surface area contributed by atoms with Crippen LogP contribution in [0.15, 0.2) is 54.6 Å². The summed E-state index contributed by atoms with van der Waals surface area (Å²) in [6.07, 6.45) is 4.25. The molecule has 1 aliphatic heterocycles. The van der Waals surface area contributed by atoms with Crippen LogP contribution in [0, 0.1) is 0 Å². The molecule has 0 bridgehead atoms. The van der Waals surface area contributed by atoms with Crippen LogP contribution in [0.3, 0.4) is 0 Å². The van der Waals surface area contributed by atoms with E-state index in [0.717, 1.165) is 11.3 Å². The molecule has 0 aliphatic carbocycles. The molecule has 2 aromatic rings. The first-order valence-corrected chi connectivity index (χ1v) is 6.22. The van der Waals surface area contributed by atoms with Crippen molar-refractivity contribution in [2.75, 3.05) is 0 Å². The third kappa shape index (κ3) is 2.04. The molecule has 3 rings (SSSR count). The largest absolute Gasteiger partial charge is 0.483 e. The number of hydrogen-bond donors (Lipinski definition) is 0. The molecule has 0 spiro atoms. The summed E-state index contributed by atoms with van der Waals surface area (Å²) in [4.78, 5) is 0. The van der Waals surface area contributed by atoms with Gasteiger partial charge in [-0.2, -0.15) is 0 Å². The average Bonchev–Trinajstić information content (AvgIpc) is 2.38. The molecule has 2 aromatic carbocycles. The van der Waals surface area contributed by atoms with Crippen molar-refractivity contribution >= 4 is 6.08 Å². The van der Waals surface area contributed by atoms with Crippen molar-refractivity contribution in [1.82, 2.24) is 0 Å². The first-order chi connectivity index (χ1) is 8.64. The number of ether oxygens (including phenoxy) is 1. The fourth-order valence-electron chi connectivity index (χ4n) is 2.19. The van der Waals surface area contributed by atoms with Gasteiger partial charge in [0, 0.05) is 5.56 Å². The maximum atomic E-state index is 5.92. The lowest BCUT2D eigenvalue weighted by Crippen LogP contribution is -2.27. The molecule has 0 fully saturated rings. The Morgan fingerprint density at radius 3 is 2.44 bits per heavy atom. The molecule has 0 amide bonds. The molecule has 0 unspecified atom stereocenters. The van der Waals surface area contributed by atoms with E-state index < -0.39 is 0 Å². The molecule has 0 radical (unpaired) electrons. The van der Waals surface area contributed by atoms with E-state index in [1.807, 2.05) is 6.07 Å². The fourth-order valence-corrected chi connectivity index (χ4v) is 2.19. The lowest BCUT2D eigenvalue weighted by molar-refractivity contribution is 0.159. The quantitative estimate of drug-likeness (QED) is 0.706. The smallest absolute Gasteiger partial charge is 0.127 e. The van der Waals surface area contributed by atoms with Gasteiger partial charge in [0.2, 0.25) is 0 Å². The highest BCUT2D eigenvalue weighted by molar-refractivity contribution is 5.71. The summed E-state index contributed by atoms with van der Waals surface area (Å²) >= 11 is 0. The van der Waals surface area contributed by atoms with Crippen LogP contribution in [-0.4, -0.2) is 5.60 Å². The van der Waals surface area contributed by atoms with Crippen LogP contribution >= 0.6 is 0 Å². The second kappa shape index (κ2) is 4.02. The Labute approximate surface area is 108 Å². The lowest BCUT2D eigenvalue weighted by Gasteiger charge is -2.28. The summed E-state index contributed by atoms with van der Waals surface area (Å²) in [5, 5.41) is 0. The predicted molar refractivity (Wildman–Crippen MR) is 75.6 cm³/mol. The number of fused-ring (bicyclic) bond motifs is 1. The molecule has 0 atom stereocenters. The topological polar surface area (TPSA) is 9.23 Å². The van der Waals surface area contributed by atoms with Gasteiger partial charge in [-0.05, 0) is 43.2 Å². The minimum absolute atomic E-state index is 0.207. The normalized spacial score (nSPS) is 15.9. The Balaban J connectivity index is 2.03. The Kier molecular flexibility index (Phi) is 2.48. The van der Waals surface area contributed by atoms with Gasteiger partial charge in [0.1, 0.15) is 11.4 Å². The molecule has 0 saturated heterocycles. The molecule has 0 N–H and O–H groups in total. The van der Waals surface area contributed by atoms with E-state index in [1.165, 1.54) is 11.1 Å². The minimum Gasteiger partial charge on any atom is -0.483 e. The van der Waals surface area contributed by atoms with Crippen molar-refractivity contribution in [2.24, 2.45) is 0 Å². The van der Waals surface area contributed by atoms with Crippen molar-refractivity contribution < 1.29 is 4.74 Å². The van der Waals surface area contributed by atoms with Gasteiger partial charge in [-0.25, -0.2) is 0 Å². The summed E-state index contributed by atoms with van der Waals surface area (Å²) in [5.74, 6) is 0.960. The SMILES string of the molecule is CC1(C)C=Cc2cc(-c3ccccc3)ccc2O1. The molecule has 18 heavy (non-hydrogen) atoms. The number of rotatable bonds is 1. The summed E-state index contributed by atoms with van der Waals surface area (Å²) in [7, 11) is 0. The highest BCUT2D eigenvalue weighted by Crippen LogP contribution is 2.33. The van der Waals surface area contributed by atoms with Gasteiger partial charge >= 0.3 is 0 Å². The van der Waals surface area contributed by atoms with Crippen LogP contribution < -0.4 is 4.74 Å². The van der Waals surface area contributed by atoms with Crippen LogP contribution in [0.25, 0.3) is 17.2 Å². The molecule has 1 nitrogen and oxygen atoms in total. The first kappa shape index (κ1) is 11.1. The standard InChI is InChI=1S/C17H16O/c1-17(2)11-10-15-12-14(8-9-16(15)18-17)13-6-4-3-5-7-13/h3-12H,1-2H3. The molecule has 0 saturated carbocycles. The van der Waals surface area contributed by atoms with E-state index >= 15 is 0 Å². The van der Waals surface area contributed by atoms with Gasteiger partial charge in [0.15, 0.2) is 0 Å². The Hall–Kier alpha value is -2.02. The third-order valence-electron chi connectivity index (χ3n) is 3.15. The molecular formula is C17H16O. The zero-order valence-electron chi connectivity index (χ0n) is 10.7. The third-order valence-corrected chi connectivity index (χ3v) is 3.15. The van der Waals surface area contributed by atoms with Crippen LogP contribution in [0.2, 0.25) is 0 Å². The maximum absolute atomic E-state index is 5.92. The number of hydrogen-bond acceptors (Lipinski definition) is 1. The van der Waals surface area contributed by atoms with Gasteiger partial charge in [0.05, 0.1) is 0 Å². The highest BCUT2D eigenvalue weighted by Gasteiger charge is 2.21. The summed E-state index contributed by atoms with van der Waals surface area (Å²) < 4.78 is 5.92. The Bertz CT molecular complexity index is 594. The van der Waals surface area contributed by atoms with Crippen LogP contribution in [0.5, 0.6) is 5.75 Å². The highest BCUT2D eigenvalue weighted by atomic mass is 16.5. The van der Waals surface area contributed by atoms with Crippen molar-refractivity contribution in [3.05, 3.63) is 60.2 Å². The maximum Gasteiger partial charge on any atom is 0.127 e. The molecule has 0 aromatic heterocycles. The van der Waals surface area contributed by atoms with E-state index in [-0.39, 0.29) is 5.60 Å². The van der Waals surface area contributed by atoms with Gasteiger partial charge < -0.3 is 4.74 Å². The Morgan fingerprint density at radius 1 is 0.889 bits per heavy atom. The van der Waals surface area contributed by atoms with Crippen molar-refractivity contribution in [1.29, 1.82) is 0 Å². The summed E-state index contributed by atoms with van der Waals surface area (Å²) in [6.45, 7) is 4.13. The molecular weight excluding hydrogens is 220 g/mol. The van der Waals surface area contributed by atoms with Crippen LogP contribution in [0.4, 0.5) is 0 Å². The zero-order chi connectivity index (χ0) is 12.6. The molecule has 1 heterocycles. The molecule has 1 heteroatoms. The molecule has 90 valence electrons. The van der Waals surface area contributed by atoms with Crippen LogP contribution in [0.1, 0.15) is 19.4 Å². The van der Waals surface area contributed by atoms with Gasteiger partial charge in [0.25, 0.3) is 0 Å². The van der Waals surface area contributed by atoms with E-state index in [0.29, 0.717) is 0 Å². The van der Waals surface area contributed by atoms with Crippen molar-refractivity contribution in [2.45, 2.75) is 19.4 Å². The van der Waals surface area contributed by atoms with Gasteiger partial charge in [-0.15, -0.1) is 0 Å². The van der Waals surface area contributed by atoms with Crippen LogP contribution in [-0.2, 0) is 0 Å². The predicted octanol–water partition coefficient (Wildman–Crippen LogP) is 4.54. The summed E-state index contributed by atoms with van der Waals surface area (Å²) in [5.41, 5.74) is 3.40. The zero-order valence-corrected chi connectivity index (χ0v) is 10.7. The van der Waals surface area contributed by atoms with E-state index in [4.69, 9.17) is 4.74 Å². The van der Waals surface area contributed by atoms with E-state index in [1.54, 1.807) is 0 Å². The second-order valence-electron chi connectivity index (χ2n) is 5.16. The number of benzene rings is 2. The van der Waals surface area contributed by atoms with Crippen molar-refractivity contribution in [3.8, 4) is 16.9 Å². The van der Waals surface area contributed by atoms with E-state index in [2.05, 4.69) is 68.5 Å². The second-order valence-corrected chi connectivity index (χ2v) is 5.16. The van der Waals surface area contributed by atoms with Crippen molar-refractivity contribution in [3.63, 3.8) is 0 Å². The van der Waals surface area contributed by atoms with Gasteiger partial charge in [-0.1, -0.05) is 42.5 Å². The monoisotopic (exact) mass is 236 g/mol. The molecule has 1 aliphatic rings. The lowest BCUT2D eigenvalue weighted by atomic mass is 9.98. The average molecular weight is 236 g/mol. The minimum atomic E-state index is -0.207. The van der Waals surface area contributed by atoms with E-state index in [9.17, 15) is 0 Å². The fraction of sp³-hybridized carbons (Fsp3) is 0.176. The summed E-state index contributed by atoms with van der Waals surface area (Å²) in [6, 6.07) is 16.8.